The maximum atomic E-state index is 13.0. The molecule has 0 saturated heterocycles. The van der Waals surface area contributed by atoms with Gasteiger partial charge in [0.05, 0.1) is 5.39 Å². The molecule has 0 amide bonds. The lowest BCUT2D eigenvalue weighted by Crippen LogP contribution is -2.22. The monoisotopic (exact) mass is 396 g/mol. The topological polar surface area (TPSA) is 109 Å². The van der Waals surface area contributed by atoms with Crippen molar-refractivity contribution in [2.45, 2.75) is 26.4 Å². The number of ether oxygens (including phenoxy) is 1. The number of hydrogen-bond donors (Lipinski definition) is 2. The Morgan fingerprint density at radius 1 is 1.11 bits per heavy atom. The van der Waals surface area contributed by atoms with Gasteiger partial charge in [-0.25, -0.2) is 0 Å². The minimum Gasteiger partial charge on any atom is -0.488 e. The first kappa shape index (κ1) is 19.6. The molecule has 7 heteroatoms. The molecule has 0 unspecified atom stereocenters. The van der Waals surface area contributed by atoms with Crippen molar-refractivity contribution in [1.29, 1.82) is 0 Å². The molecule has 0 radical (unpaired) electrons. The zero-order valence-corrected chi connectivity index (χ0v) is 16.6. The molecule has 0 aliphatic carbocycles. The molecule has 28 heavy (non-hydrogen) atoms. The molecular formula is C21H20N2O4S. The highest BCUT2D eigenvalue weighted by atomic mass is 32.1. The average molecular weight is 396 g/mol. The van der Waals surface area contributed by atoms with Gasteiger partial charge in [0.1, 0.15) is 27.6 Å². The minimum atomic E-state index is -0.541. The SMILES string of the molecule is CC(C)(C)Oc1ccc(C(=O)c2cccc3oc(C(N)=S)c(N)c(=O)c23)cc1. The number of ketones is 1. The molecule has 0 aliphatic rings. The summed E-state index contributed by atoms with van der Waals surface area (Å²) < 4.78 is 11.3. The number of thiocarbonyl (C=S) groups is 1. The number of anilines is 1. The van der Waals surface area contributed by atoms with Crippen LogP contribution in [0.5, 0.6) is 5.75 Å². The standard InChI is InChI=1S/C21H20N2O4S/c1-21(2,3)27-12-9-7-11(8-10-12)17(24)13-5-4-6-14-15(13)18(25)16(22)19(26-14)20(23)28/h4-10H,22H2,1-3H3,(H2,23,28). The molecule has 3 rings (SSSR count). The normalized spacial score (nSPS) is 11.4. The van der Waals surface area contributed by atoms with Gasteiger partial charge in [0, 0.05) is 11.1 Å². The Morgan fingerprint density at radius 2 is 1.75 bits per heavy atom. The molecule has 0 saturated carbocycles. The molecule has 1 aromatic heterocycles. The van der Waals surface area contributed by atoms with E-state index in [0.717, 1.165) is 0 Å². The summed E-state index contributed by atoms with van der Waals surface area (Å²) in [4.78, 5) is 25.7. The van der Waals surface area contributed by atoms with E-state index in [1.165, 1.54) is 0 Å². The zero-order chi connectivity index (χ0) is 20.6. The van der Waals surface area contributed by atoms with Crippen LogP contribution in [0.1, 0.15) is 42.5 Å². The van der Waals surface area contributed by atoms with Crippen LogP contribution in [0.3, 0.4) is 0 Å². The predicted octanol–water partition coefficient (Wildman–Crippen LogP) is 3.42. The van der Waals surface area contributed by atoms with Gasteiger partial charge in [0.2, 0.25) is 5.43 Å². The molecule has 0 fully saturated rings. The van der Waals surface area contributed by atoms with Crippen molar-refractivity contribution in [3.05, 3.63) is 69.6 Å². The smallest absolute Gasteiger partial charge is 0.217 e. The van der Waals surface area contributed by atoms with E-state index in [1.807, 2.05) is 20.8 Å². The molecule has 4 N–H and O–H groups in total. The highest BCUT2D eigenvalue weighted by molar-refractivity contribution is 7.80. The molecule has 3 aromatic rings. The maximum Gasteiger partial charge on any atom is 0.217 e. The van der Waals surface area contributed by atoms with Crippen LogP contribution in [0.4, 0.5) is 5.69 Å². The molecule has 0 atom stereocenters. The van der Waals surface area contributed by atoms with Crippen molar-refractivity contribution in [2.75, 3.05) is 5.73 Å². The minimum absolute atomic E-state index is 0.0548. The summed E-state index contributed by atoms with van der Waals surface area (Å²) in [6.07, 6.45) is 0. The summed E-state index contributed by atoms with van der Waals surface area (Å²) in [6, 6.07) is 11.5. The largest absolute Gasteiger partial charge is 0.488 e. The number of fused-ring (bicyclic) bond motifs is 1. The number of benzene rings is 2. The molecule has 144 valence electrons. The van der Waals surface area contributed by atoms with Crippen LogP contribution in [-0.4, -0.2) is 16.4 Å². The summed E-state index contributed by atoms with van der Waals surface area (Å²) in [6.45, 7) is 5.81. The highest BCUT2D eigenvalue weighted by Gasteiger charge is 2.20. The molecule has 0 spiro atoms. The first-order valence-electron chi connectivity index (χ1n) is 8.57. The predicted molar refractivity (Wildman–Crippen MR) is 113 cm³/mol. The van der Waals surface area contributed by atoms with Gasteiger partial charge in [-0.15, -0.1) is 0 Å². The summed E-state index contributed by atoms with van der Waals surface area (Å²) in [5.74, 6) is 0.260. The molecule has 0 aliphatic heterocycles. The maximum absolute atomic E-state index is 13.0. The van der Waals surface area contributed by atoms with Crippen LogP contribution < -0.4 is 21.6 Å². The first-order valence-corrected chi connectivity index (χ1v) is 8.98. The summed E-state index contributed by atoms with van der Waals surface area (Å²) in [5, 5.41) is 0.0972. The van der Waals surface area contributed by atoms with Gasteiger partial charge in [-0.05, 0) is 51.1 Å². The van der Waals surface area contributed by atoms with Crippen molar-refractivity contribution in [1.82, 2.24) is 0 Å². The fourth-order valence-electron chi connectivity index (χ4n) is 2.81. The number of rotatable bonds is 4. The van der Waals surface area contributed by atoms with Crippen LogP contribution >= 0.6 is 12.2 Å². The highest BCUT2D eigenvalue weighted by Crippen LogP contribution is 2.24. The number of carbonyl (C=O) groups excluding carboxylic acids is 1. The Kier molecular flexibility index (Phi) is 4.95. The average Bonchev–Trinajstić information content (AvgIpc) is 2.62. The lowest BCUT2D eigenvalue weighted by molar-refractivity contribution is 0.104. The first-order chi connectivity index (χ1) is 13.1. The van der Waals surface area contributed by atoms with Crippen molar-refractivity contribution in [3.63, 3.8) is 0 Å². The summed E-state index contributed by atoms with van der Waals surface area (Å²) >= 11 is 4.87. The lowest BCUT2D eigenvalue weighted by Gasteiger charge is -2.21. The third kappa shape index (κ3) is 3.75. The van der Waals surface area contributed by atoms with Crippen molar-refractivity contribution < 1.29 is 13.9 Å². The van der Waals surface area contributed by atoms with Gasteiger partial charge in [-0.3, -0.25) is 9.59 Å². The van der Waals surface area contributed by atoms with Crippen LogP contribution in [0.25, 0.3) is 11.0 Å². The number of carbonyl (C=O) groups is 1. The number of nitrogen functional groups attached to an aromatic ring is 1. The van der Waals surface area contributed by atoms with Gasteiger partial charge < -0.3 is 20.6 Å². The second-order valence-corrected chi connectivity index (χ2v) is 7.72. The van der Waals surface area contributed by atoms with E-state index >= 15 is 0 Å². The Hall–Kier alpha value is -3.19. The Labute approximate surface area is 167 Å². The van der Waals surface area contributed by atoms with E-state index in [2.05, 4.69) is 0 Å². The van der Waals surface area contributed by atoms with Crippen LogP contribution in [0.15, 0.2) is 51.7 Å². The second kappa shape index (κ2) is 7.09. The van der Waals surface area contributed by atoms with Gasteiger partial charge >= 0.3 is 0 Å². The van der Waals surface area contributed by atoms with E-state index in [0.29, 0.717) is 11.3 Å². The van der Waals surface area contributed by atoms with E-state index in [4.69, 9.17) is 32.8 Å². The molecule has 6 nitrogen and oxygen atoms in total. The van der Waals surface area contributed by atoms with E-state index < -0.39 is 5.43 Å². The van der Waals surface area contributed by atoms with Gasteiger partial charge in [-0.1, -0.05) is 24.4 Å². The Morgan fingerprint density at radius 3 is 2.32 bits per heavy atom. The fraction of sp³-hybridized carbons (Fsp3) is 0.190. The number of hydrogen-bond acceptors (Lipinski definition) is 6. The summed E-state index contributed by atoms with van der Waals surface area (Å²) in [7, 11) is 0. The third-order valence-electron chi connectivity index (χ3n) is 3.96. The number of nitrogens with two attached hydrogens (primary N) is 2. The molecule has 1 heterocycles. The zero-order valence-electron chi connectivity index (χ0n) is 15.7. The summed E-state index contributed by atoms with van der Waals surface area (Å²) in [5.41, 5.74) is 11.1. The second-order valence-electron chi connectivity index (χ2n) is 7.28. The van der Waals surface area contributed by atoms with Crippen molar-refractivity contribution in [3.8, 4) is 5.75 Å². The van der Waals surface area contributed by atoms with Gasteiger partial charge in [0.25, 0.3) is 0 Å². The van der Waals surface area contributed by atoms with E-state index in [9.17, 15) is 9.59 Å². The van der Waals surface area contributed by atoms with Crippen LogP contribution in [0.2, 0.25) is 0 Å². The van der Waals surface area contributed by atoms with E-state index in [-0.39, 0.29) is 44.4 Å². The quantitative estimate of drug-likeness (QED) is 0.514. The molecule has 2 aromatic carbocycles. The van der Waals surface area contributed by atoms with Crippen LogP contribution in [-0.2, 0) is 0 Å². The molecule has 0 bridgehead atoms. The Bertz CT molecular complexity index is 1140. The van der Waals surface area contributed by atoms with Crippen LogP contribution in [0, 0.1) is 0 Å². The van der Waals surface area contributed by atoms with Gasteiger partial charge in [0.15, 0.2) is 11.5 Å². The third-order valence-corrected chi connectivity index (χ3v) is 4.15. The lowest BCUT2D eigenvalue weighted by atomic mass is 9.98. The Balaban J connectivity index is 2.09. The van der Waals surface area contributed by atoms with Crippen molar-refractivity contribution in [2.24, 2.45) is 5.73 Å². The fourth-order valence-corrected chi connectivity index (χ4v) is 2.96. The van der Waals surface area contributed by atoms with Crippen molar-refractivity contribution >= 4 is 39.6 Å². The van der Waals surface area contributed by atoms with E-state index in [1.54, 1.807) is 42.5 Å². The molecular weight excluding hydrogens is 376 g/mol. The van der Waals surface area contributed by atoms with Gasteiger partial charge in [-0.2, -0.15) is 0 Å².